The predicted molar refractivity (Wildman–Crippen MR) is 158 cm³/mol. The zero-order valence-electron chi connectivity index (χ0n) is 22.8. The number of fused-ring (bicyclic) bond motifs is 1. The Morgan fingerprint density at radius 3 is 2.58 bits per heavy atom. The first-order chi connectivity index (χ1) is 19.2. The molecule has 1 saturated heterocycles. The van der Waals surface area contributed by atoms with Gasteiger partial charge in [-0.25, -0.2) is 8.42 Å². The van der Waals surface area contributed by atoms with Gasteiger partial charge in [0.1, 0.15) is 12.4 Å². The fraction of sp³-hybridized carbons (Fsp3) is 0.433. The van der Waals surface area contributed by atoms with Gasteiger partial charge in [0, 0.05) is 29.6 Å². The van der Waals surface area contributed by atoms with E-state index in [1.54, 1.807) is 28.4 Å². The molecule has 0 unspecified atom stereocenters. The minimum atomic E-state index is -3.95. The Kier molecular flexibility index (Phi) is 9.17. The molecule has 2 aromatic carbocycles. The van der Waals surface area contributed by atoms with Crippen molar-refractivity contribution in [2.75, 3.05) is 32.8 Å². The van der Waals surface area contributed by atoms with E-state index >= 15 is 0 Å². The molecular weight excluding hydrogens is 568 g/mol. The van der Waals surface area contributed by atoms with Gasteiger partial charge in [-0.2, -0.15) is 4.31 Å². The predicted octanol–water partition coefficient (Wildman–Crippen LogP) is 5.90. The van der Waals surface area contributed by atoms with Crippen LogP contribution in [-0.4, -0.2) is 62.5 Å². The largest absolute Gasteiger partial charge is 0.491 e. The number of amides is 1. The van der Waals surface area contributed by atoms with E-state index in [-0.39, 0.29) is 42.6 Å². The number of sulfonamides is 1. The van der Waals surface area contributed by atoms with Gasteiger partial charge in [-0.3, -0.25) is 4.79 Å². The van der Waals surface area contributed by atoms with Crippen LogP contribution in [0.4, 0.5) is 0 Å². The second kappa shape index (κ2) is 12.6. The number of carbonyl (C=O) groups is 1. The van der Waals surface area contributed by atoms with Crippen molar-refractivity contribution in [1.29, 1.82) is 0 Å². The lowest BCUT2D eigenvalue weighted by molar-refractivity contribution is -0.135. The average Bonchev–Trinajstić information content (AvgIpc) is 3.64. The second-order valence-electron chi connectivity index (χ2n) is 10.6. The molecule has 0 aliphatic carbocycles. The summed E-state index contributed by atoms with van der Waals surface area (Å²) in [5.41, 5.74) is 2.30. The number of thiophene rings is 1. The molecule has 5 rings (SSSR count). The summed E-state index contributed by atoms with van der Waals surface area (Å²) in [6, 6.07) is 15.8. The molecule has 0 N–H and O–H groups in total. The van der Waals surface area contributed by atoms with Crippen molar-refractivity contribution in [2.45, 2.75) is 56.1 Å². The van der Waals surface area contributed by atoms with Crippen molar-refractivity contribution < 1.29 is 22.7 Å². The molecule has 40 heavy (non-hydrogen) atoms. The van der Waals surface area contributed by atoms with Crippen LogP contribution in [0.15, 0.2) is 64.9 Å². The van der Waals surface area contributed by atoms with E-state index in [0.717, 1.165) is 30.6 Å². The molecule has 3 aromatic rings. The molecule has 0 spiro atoms. The summed E-state index contributed by atoms with van der Waals surface area (Å²) < 4.78 is 40.6. The van der Waals surface area contributed by atoms with Crippen molar-refractivity contribution in [3.63, 3.8) is 0 Å². The standard InChI is InChI=1S/C30H35ClN2O5S2/c1-21(2)22-5-9-24(10-6-22)38-20-28-27-14-17-39-29(27)13-15-33(28)30(34)19-32(18-25-4-3-16-37-25)40(35,36)26-11-7-23(31)8-12-26/h5-12,14,17,21,25,28H,3-4,13,15-16,18-20H2,1-2H3/t25-,28+/m1/s1. The smallest absolute Gasteiger partial charge is 0.243 e. The van der Waals surface area contributed by atoms with Crippen molar-refractivity contribution in [2.24, 2.45) is 0 Å². The number of ether oxygens (including phenoxy) is 2. The highest BCUT2D eigenvalue weighted by molar-refractivity contribution is 7.89. The molecule has 0 radical (unpaired) electrons. The van der Waals surface area contributed by atoms with Gasteiger partial charge < -0.3 is 14.4 Å². The van der Waals surface area contributed by atoms with Crippen molar-refractivity contribution in [1.82, 2.24) is 9.21 Å². The first kappa shape index (κ1) is 29.1. The molecule has 3 heterocycles. The normalized spacial score (nSPS) is 19.3. The van der Waals surface area contributed by atoms with Crippen molar-refractivity contribution in [3.8, 4) is 5.75 Å². The van der Waals surface area contributed by atoms with Crippen LogP contribution in [0.2, 0.25) is 5.02 Å². The lowest BCUT2D eigenvalue weighted by atomic mass is 10.0. The van der Waals surface area contributed by atoms with Crippen LogP contribution in [-0.2, 0) is 26.0 Å². The Morgan fingerprint density at radius 1 is 1.15 bits per heavy atom. The number of halogens is 1. The second-order valence-corrected chi connectivity index (χ2v) is 13.9. The van der Waals surface area contributed by atoms with Gasteiger partial charge in [0.25, 0.3) is 0 Å². The third-order valence-electron chi connectivity index (χ3n) is 7.56. The Balaban J connectivity index is 1.37. The van der Waals surface area contributed by atoms with Crippen LogP contribution in [0, 0.1) is 0 Å². The van der Waals surface area contributed by atoms with Gasteiger partial charge in [-0.15, -0.1) is 11.3 Å². The summed E-state index contributed by atoms with van der Waals surface area (Å²) in [6.45, 7) is 5.52. The van der Waals surface area contributed by atoms with Gasteiger partial charge in [0.05, 0.1) is 23.6 Å². The highest BCUT2D eigenvalue weighted by atomic mass is 35.5. The van der Waals surface area contributed by atoms with Crippen LogP contribution in [0.3, 0.4) is 0 Å². The monoisotopic (exact) mass is 602 g/mol. The highest BCUT2D eigenvalue weighted by Gasteiger charge is 2.36. The Labute approximate surface area is 245 Å². The third-order valence-corrected chi connectivity index (χ3v) is 10.6. The summed E-state index contributed by atoms with van der Waals surface area (Å²) in [5, 5.41) is 2.49. The van der Waals surface area contributed by atoms with Gasteiger partial charge in [-0.1, -0.05) is 37.6 Å². The van der Waals surface area contributed by atoms with E-state index in [1.165, 1.54) is 26.9 Å². The first-order valence-corrected chi connectivity index (χ1v) is 16.4. The van der Waals surface area contributed by atoms with Crippen LogP contribution < -0.4 is 4.74 Å². The minimum Gasteiger partial charge on any atom is -0.491 e. The number of benzene rings is 2. The third kappa shape index (κ3) is 6.55. The number of hydrogen-bond acceptors (Lipinski definition) is 6. The summed E-state index contributed by atoms with van der Waals surface area (Å²) >= 11 is 7.69. The van der Waals surface area contributed by atoms with Crippen molar-refractivity contribution >= 4 is 38.9 Å². The lowest BCUT2D eigenvalue weighted by Crippen LogP contribution is -2.49. The van der Waals surface area contributed by atoms with E-state index in [2.05, 4.69) is 26.0 Å². The average molecular weight is 603 g/mol. The molecule has 214 valence electrons. The highest BCUT2D eigenvalue weighted by Crippen LogP contribution is 2.34. The van der Waals surface area contributed by atoms with Gasteiger partial charge in [-0.05, 0) is 84.2 Å². The quantitative estimate of drug-likeness (QED) is 0.289. The molecule has 10 heteroatoms. The maximum Gasteiger partial charge on any atom is 0.243 e. The van der Waals surface area contributed by atoms with E-state index < -0.39 is 10.0 Å². The summed E-state index contributed by atoms with van der Waals surface area (Å²) in [7, 11) is -3.95. The fourth-order valence-electron chi connectivity index (χ4n) is 5.26. The van der Waals surface area contributed by atoms with E-state index in [1.807, 2.05) is 23.6 Å². The zero-order valence-corrected chi connectivity index (χ0v) is 25.2. The molecule has 1 aromatic heterocycles. The van der Waals surface area contributed by atoms with Crippen molar-refractivity contribution in [3.05, 3.63) is 81.0 Å². The van der Waals surface area contributed by atoms with E-state index in [0.29, 0.717) is 24.1 Å². The molecule has 2 atom stereocenters. The molecule has 1 amide bonds. The molecule has 7 nitrogen and oxygen atoms in total. The van der Waals surface area contributed by atoms with Crippen LogP contribution in [0.5, 0.6) is 5.75 Å². The fourth-order valence-corrected chi connectivity index (χ4v) is 7.73. The summed E-state index contributed by atoms with van der Waals surface area (Å²) in [6.07, 6.45) is 2.12. The number of rotatable bonds is 10. The first-order valence-electron chi connectivity index (χ1n) is 13.7. The molecular formula is C30H35ClN2O5S2. The lowest BCUT2D eigenvalue weighted by Gasteiger charge is -2.37. The maximum absolute atomic E-state index is 13.9. The molecule has 0 bridgehead atoms. The molecule has 1 fully saturated rings. The van der Waals surface area contributed by atoms with Crippen LogP contribution in [0.1, 0.15) is 54.7 Å². The van der Waals surface area contributed by atoms with Gasteiger partial charge in [0.15, 0.2) is 0 Å². The molecule has 2 aliphatic rings. The van der Waals surface area contributed by atoms with Gasteiger partial charge >= 0.3 is 0 Å². The van der Waals surface area contributed by atoms with Gasteiger partial charge in [0.2, 0.25) is 15.9 Å². The maximum atomic E-state index is 13.9. The SMILES string of the molecule is CC(C)c1ccc(OC[C@H]2c3ccsc3CCN2C(=O)CN(C[C@H]2CCCO2)S(=O)(=O)c2ccc(Cl)cc2)cc1. The minimum absolute atomic E-state index is 0.103. The van der Waals surface area contributed by atoms with E-state index in [4.69, 9.17) is 21.1 Å². The topological polar surface area (TPSA) is 76.2 Å². The Hall–Kier alpha value is -2.43. The summed E-state index contributed by atoms with van der Waals surface area (Å²) in [5.74, 6) is 0.913. The Morgan fingerprint density at radius 2 is 1.90 bits per heavy atom. The Bertz CT molecular complexity index is 1400. The van der Waals surface area contributed by atoms with Crippen LogP contribution in [0.25, 0.3) is 0 Å². The molecule has 2 aliphatic heterocycles. The summed E-state index contributed by atoms with van der Waals surface area (Å²) in [4.78, 5) is 17.0. The van der Waals surface area contributed by atoms with Crippen LogP contribution >= 0.6 is 22.9 Å². The zero-order chi connectivity index (χ0) is 28.3. The number of nitrogens with zero attached hydrogens (tertiary/aromatic N) is 2. The number of carbonyl (C=O) groups excluding carboxylic acids is 1. The molecule has 0 saturated carbocycles. The van der Waals surface area contributed by atoms with E-state index in [9.17, 15) is 13.2 Å². The number of hydrogen-bond donors (Lipinski definition) is 0.